The number of nitriles is 2. The molecule has 5 heteroatoms. The number of aromatic nitrogens is 3. The van der Waals surface area contributed by atoms with Crippen molar-refractivity contribution in [2.24, 2.45) is 0 Å². The molecule has 0 bridgehead atoms. The lowest BCUT2D eigenvalue weighted by molar-refractivity contribution is 1.05. The van der Waals surface area contributed by atoms with Crippen LogP contribution < -0.4 is 0 Å². The van der Waals surface area contributed by atoms with E-state index in [0.29, 0.717) is 11.1 Å². The highest BCUT2D eigenvalue weighted by atomic mass is 15.1. The van der Waals surface area contributed by atoms with Gasteiger partial charge in [0, 0.05) is 43.4 Å². The summed E-state index contributed by atoms with van der Waals surface area (Å²) >= 11 is 0. The normalized spacial score (nSPS) is 11.6. The van der Waals surface area contributed by atoms with E-state index in [-0.39, 0.29) is 0 Å². The minimum atomic E-state index is 0.596. The van der Waals surface area contributed by atoms with Gasteiger partial charge in [-0.2, -0.15) is 10.5 Å². The monoisotopic (exact) mass is 775 g/mol. The number of para-hydroxylation sites is 6. The SMILES string of the molecule is N#Cc1ccc(-c2cc(-c3ccc(C#N)cc3)c(-n3c4ccccc4c4ccccc43)c(-n3c4ccccc4c4ccccc43)c2-n2c3ccccc3c3ccccc32)cc1. The van der Waals surface area contributed by atoms with Gasteiger partial charge in [-0.25, -0.2) is 0 Å². The average molecular weight is 776 g/mol. The zero-order chi connectivity index (χ0) is 40.6. The van der Waals surface area contributed by atoms with Crippen molar-refractivity contribution in [2.45, 2.75) is 0 Å². The Balaban J connectivity index is 1.42. The van der Waals surface area contributed by atoms with E-state index in [1.807, 2.05) is 24.3 Å². The van der Waals surface area contributed by atoms with Gasteiger partial charge in [-0.1, -0.05) is 133 Å². The van der Waals surface area contributed by atoms with E-state index in [2.05, 4.69) is 202 Å². The third kappa shape index (κ3) is 5.05. The third-order valence-corrected chi connectivity index (χ3v) is 12.3. The Morgan fingerprint density at radius 2 is 0.525 bits per heavy atom. The first-order chi connectivity index (χ1) is 30.2. The van der Waals surface area contributed by atoms with Crippen LogP contribution in [0.25, 0.3) is 105 Å². The number of rotatable bonds is 5. The zero-order valence-electron chi connectivity index (χ0n) is 32.8. The van der Waals surface area contributed by atoms with Crippen LogP contribution in [0.4, 0.5) is 0 Å². The molecule has 3 heterocycles. The molecule has 0 aliphatic heterocycles. The van der Waals surface area contributed by atoms with E-state index in [4.69, 9.17) is 0 Å². The van der Waals surface area contributed by atoms with Crippen LogP contribution in [-0.4, -0.2) is 13.7 Å². The number of hydrogen-bond donors (Lipinski definition) is 0. The van der Waals surface area contributed by atoms with E-state index >= 15 is 0 Å². The molecule has 0 radical (unpaired) electrons. The van der Waals surface area contributed by atoms with Gasteiger partial charge in [0.25, 0.3) is 0 Å². The van der Waals surface area contributed by atoms with Crippen molar-refractivity contribution in [1.29, 1.82) is 10.5 Å². The first-order valence-corrected chi connectivity index (χ1v) is 20.4. The molecule has 12 aromatic rings. The topological polar surface area (TPSA) is 62.4 Å². The molecule has 0 saturated heterocycles. The minimum absolute atomic E-state index is 0.596. The molecule has 12 rings (SSSR count). The summed E-state index contributed by atoms with van der Waals surface area (Å²) in [4.78, 5) is 0. The number of hydrogen-bond acceptors (Lipinski definition) is 2. The van der Waals surface area contributed by atoms with E-state index in [9.17, 15) is 10.5 Å². The summed E-state index contributed by atoms with van der Waals surface area (Å²) in [5, 5.41) is 26.9. The molecule has 0 saturated carbocycles. The van der Waals surface area contributed by atoms with Crippen molar-refractivity contribution in [3.05, 3.63) is 211 Å². The van der Waals surface area contributed by atoms with Crippen molar-refractivity contribution in [1.82, 2.24) is 13.7 Å². The quantitative estimate of drug-likeness (QED) is 0.175. The van der Waals surface area contributed by atoms with Crippen LogP contribution >= 0.6 is 0 Å². The van der Waals surface area contributed by atoms with E-state index < -0.39 is 0 Å². The van der Waals surface area contributed by atoms with Gasteiger partial charge in [0.1, 0.15) is 0 Å². The van der Waals surface area contributed by atoms with Gasteiger partial charge in [0.15, 0.2) is 0 Å². The van der Waals surface area contributed by atoms with E-state index in [1.54, 1.807) is 0 Å². The van der Waals surface area contributed by atoms with Crippen LogP contribution in [0.3, 0.4) is 0 Å². The average Bonchev–Trinajstić information content (AvgIpc) is 3.97. The second kappa shape index (κ2) is 13.5. The summed E-state index contributed by atoms with van der Waals surface area (Å²) in [6.45, 7) is 0. The van der Waals surface area contributed by atoms with E-state index in [0.717, 1.165) is 105 Å². The number of fused-ring (bicyclic) bond motifs is 9. The fraction of sp³-hybridized carbons (Fsp3) is 0. The lowest BCUT2D eigenvalue weighted by atomic mass is 9.92. The molecular weight excluding hydrogens is 743 g/mol. The molecule has 0 unspecified atom stereocenters. The number of nitrogens with zero attached hydrogens (tertiary/aromatic N) is 5. The van der Waals surface area contributed by atoms with Crippen LogP contribution in [0.2, 0.25) is 0 Å². The Morgan fingerprint density at radius 3 is 0.787 bits per heavy atom. The summed E-state index contributed by atoms with van der Waals surface area (Å²) in [6.07, 6.45) is 0. The summed E-state index contributed by atoms with van der Waals surface area (Å²) in [7, 11) is 0. The Hall–Kier alpha value is -8.64. The van der Waals surface area contributed by atoms with Crippen LogP contribution in [0.5, 0.6) is 0 Å². The van der Waals surface area contributed by atoms with Crippen molar-refractivity contribution in [2.75, 3.05) is 0 Å². The smallest absolute Gasteiger partial charge is 0.0991 e. The van der Waals surface area contributed by atoms with Crippen molar-refractivity contribution >= 4 is 65.4 Å². The van der Waals surface area contributed by atoms with E-state index in [1.165, 1.54) is 0 Å². The first kappa shape index (κ1) is 34.4. The molecule has 0 spiro atoms. The predicted octanol–water partition coefficient (Wildman–Crippen LogP) is 14.1. The fourth-order valence-corrected chi connectivity index (χ4v) is 9.69. The second-order valence-electron chi connectivity index (χ2n) is 15.5. The maximum absolute atomic E-state index is 9.98. The predicted molar refractivity (Wildman–Crippen MR) is 250 cm³/mol. The van der Waals surface area contributed by atoms with Crippen molar-refractivity contribution < 1.29 is 0 Å². The Labute approximate surface area is 351 Å². The third-order valence-electron chi connectivity index (χ3n) is 12.3. The fourth-order valence-electron chi connectivity index (χ4n) is 9.69. The highest BCUT2D eigenvalue weighted by Gasteiger charge is 2.30. The molecule has 0 atom stereocenters. The lowest BCUT2D eigenvalue weighted by Crippen LogP contribution is -2.12. The lowest BCUT2D eigenvalue weighted by Gasteiger charge is -2.27. The molecule has 0 fully saturated rings. The zero-order valence-corrected chi connectivity index (χ0v) is 32.8. The van der Waals surface area contributed by atoms with Crippen molar-refractivity contribution in [3.8, 4) is 51.5 Å². The standard InChI is InChI=1S/C56H33N5/c57-34-36-25-29-38(30-26-36)46-33-47(39-31-27-37(35-58)28-32-39)55(60-50-21-9-3-15-42(50)43-16-4-10-22-51(43)60)56(61-52-23-11-5-17-44(52)45-18-6-12-24-53(45)61)54(46)59-48-19-7-1-13-40(48)41-14-2-8-20-49(41)59/h1-33H. The maximum atomic E-state index is 9.98. The van der Waals surface area contributed by atoms with Crippen LogP contribution in [-0.2, 0) is 0 Å². The first-order valence-electron chi connectivity index (χ1n) is 20.4. The highest BCUT2D eigenvalue weighted by Crippen LogP contribution is 2.49. The van der Waals surface area contributed by atoms with Gasteiger partial charge in [-0.05, 0) is 77.9 Å². The minimum Gasteiger partial charge on any atom is -0.306 e. The summed E-state index contributed by atoms with van der Waals surface area (Å²) in [5.41, 5.74) is 14.6. The van der Waals surface area contributed by atoms with Gasteiger partial charge < -0.3 is 13.7 Å². The molecule has 3 aromatic heterocycles. The molecule has 0 aliphatic rings. The Bertz CT molecular complexity index is 3470. The molecule has 61 heavy (non-hydrogen) atoms. The van der Waals surface area contributed by atoms with Crippen LogP contribution in [0.15, 0.2) is 200 Å². The number of benzene rings is 9. The Morgan fingerprint density at radius 1 is 0.279 bits per heavy atom. The van der Waals surface area contributed by atoms with Crippen molar-refractivity contribution in [3.63, 3.8) is 0 Å². The largest absolute Gasteiger partial charge is 0.306 e. The highest BCUT2D eigenvalue weighted by molar-refractivity contribution is 6.15. The molecular formula is C56H33N5. The molecule has 0 N–H and O–H groups in total. The van der Waals surface area contributed by atoms with Crippen LogP contribution in [0.1, 0.15) is 11.1 Å². The molecule has 9 aromatic carbocycles. The van der Waals surface area contributed by atoms with Crippen LogP contribution in [0, 0.1) is 22.7 Å². The Kier molecular flexibility index (Phi) is 7.59. The summed E-state index contributed by atoms with van der Waals surface area (Å²) in [6, 6.07) is 75.1. The maximum Gasteiger partial charge on any atom is 0.0991 e. The molecule has 0 aliphatic carbocycles. The molecule has 0 amide bonds. The summed E-state index contributed by atoms with van der Waals surface area (Å²) < 4.78 is 7.39. The van der Waals surface area contributed by atoms with Gasteiger partial charge in [0.2, 0.25) is 0 Å². The molecule has 282 valence electrons. The van der Waals surface area contributed by atoms with Gasteiger partial charge >= 0.3 is 0 Å². The summed E-state index contributed by atoms with van der Waals surface area (Å²) in [5.74, 6) is 0. The molecule has 5 nitrogen and oxygen atoms in total. The van der Waals surface area contributed by atoms with Gasteiger partial charge in [0.05, 0.1) is 73.4 Å². The second-order valence-corrected chi connectivity index (χ2v) is 15.5. The van der Waals surface area contributed by atoms with Gasteiger partial charge in [-0.3, -0.25) is 0 Å². The van der Waals surface area contributed by atoms with Gasteiger partial charge in [-0.15, -0.1) is 0 Å².